The highest BCUT2D eigenvalue weighted by molar-refractivity contribution is 5.94. The van der Waals surface area contributed by atoms with Gasteiger partial charge in [-0.1, -0.05) is 0 Å². The Balaban J connectivity index is 1.52. The van der Waals surface area contributed by atoms with Crippen molar-refractivity contribution in [1.82, 2.24) is 9.78 Å². The SMILES string of the molecule is CCN(C(=O)Cn1nc(-c2cc(F)cc(C#N)c2)c2occc2c1=O)c1ccc2c(c1)OC(F)(F)O2. The molecule has 0 fully saturated rings. The van der Waals surface area contributed by atoms with Crippen LogP contribution in [0, 0.1) is 17.1 Å². The lowest BCUT2D eigenvalue weighted by Gasteiger charge is -2.21. The molecule has 0 saturated heterocycles. The molecule has 9 nitrogen and oxygen atoms in total. The quantitative estimate of drug-likeness (QED) is 0.410. The van der Waals surface area contributed by atoms with Crippen LogP contribution in [0.3, 0.4) is 0 Å². The number of rotatable bonds is 5. The van der Waals surface area contributed by atoms with Gasteiger partial charge in [-0.15, -0.1) is 8.78 Å². The van der Waals surface area contributed by atoms with Gasteiger partial charge in [-0.05, 0) is 43.3 Å². The summed E-state index contributed by atoms with van der Waals surface area (Å²) in [5, 5.41) is 13.5. The molecule has 12 heteroatoms. The number of furan rings is 1. The number of carbonyl (C=O) groups excluding carboxylic acids is 1. The summed E-state index contributed by atoms with van der Waals surface area (Å²) in [7, 11) is 0. The van der Waals surface area contributed by atoms with Gasteiger partial charge < -0.3 is 18.8 Å². The van der Waals surface area contributed by atoms with E-state index in [2.05, 4.69) is 14.6 Å². The van der Waals surface area contributed by atoms with E-state index in [9.17, 15) is 28.0 Å². The number of carbonyl (C=O) groups is 1. The van der Waals surface area contributed by atoms with Crippen molar-refractivity contribution in [3.63, 3.8) is 0 Å². The molecule has 0 bridgehead atoms. The first-order chi connectivity index (χ1) is 17.2. The van der Waals surface area contributed by atoms with E-state index >= 15 is 0 Å². The summed E-state index contributed by atoms with van der Waals surface area (Å²) >= 11 is 0. The first kappa shape index (κ1) is 23.0. The van der Waals surface area contributed by atoms with Gasteiger partial charge in [0.1, 0.15) is 18.1 Å². The van der Waals surface area contributed by atoms with Crippen LogP contribution in [0.15, 0.2) is 57.9 Å². The second kappa shape index (κ2) is 8.46. The minimum Gasteiger partial charge on any atom is -0.462 e. The Labute approximate surface area is 200 Å². The predicted molar refractivity (Wildman–Crippen MR) is 119 cm³/mol. The Bertz CT molecular complexity index is 1620. The molecule has 1 aliphatic heterocycles. The van der Waals surface area contributed by atoms with Gasteiger partial charge in [0.15, 0.2) is 17.1 Å². The standard InChI is InChI=1S/C24H15F3N4O5/c1-2-30(16-3-4-18-19(10-16)36-24(26,27)35-18)20(32)12-31-23(33)17-5-6-34-22(17)21(29-31)14-7-13(11-28)8-15(25)9-14/h3-10H,2,12H2,1H3. The Morgan fingerprint density at radius 1 is 1.17 bits per heavy atom. The fourth-order valence-corrected chi connectivity index (χ4v) is 3.92. The van der Waals surface area contributed by atoms with Gasteiger partial charge in [-0.2, -0.15) is 10.4 Å². The van der Waals surface area contributed by atoms with Crippen molar-refractivity contribution in [3.8, 4) is 28.8 Å². The van der Waals surface area contributed by atoms with Crippen LogP contribution in [-0.4, -0.2) is 28.5 Å². The molecule has 36 heavy (non-hydrogen) atoms. The molecule has 2 aromatic carbocycles. The Morgan fingerprint density at radius 3 is 2.69 bits per heavy atom. The number of anilines is 1. The highest BCUT2D eigenvalue weighted by atomic mass is 19.3. The number of aromatic nitrogens is 2. The lowest BCUT2D eigenvalue weighted by Crippen LogP contribution is -2.37. The Morgan fingerprint density at radius 2 is 1.94 bits per heavy atom. The fourth-order valence-electron chi connectivity index (χ4n) is 3.92. The van der Waals surface area contributed by atoms with Gasteiger partial charge in [0.05, 0.1) is 23.3 Å². The summed E-state index contributed by atoms with van der Waals surface area (Å²) in [6, 6.07) is 10.7. The molecule has 0 aliphatic carbocycles. The topological polar surface area (TPSA) is 111 Å². The summed E-state index contributed by atoms with van der Waals surface area (Å²) in [6.45, 7) is 1.28. The van der Waals surface area contributed by atoms with E-state index in [1.807, 2.05) is 6.07 Å². The van der Waals surface area contributed by atoms with Crippen molar-refractivity contribution in [2.24, 2.45) is 0 Å². The summed E-state index contributed by atoms with van der Waals surface area (Å²) in [4.78, 5) is 27.4. The summed E-state index contributed by atoms with van der Waals surface area (Å²) in [6.07, 6.45) is -2.55. The third-order valence-corrected chi connectivity index (χ3v) is 5.47. The molecule has 1 aliphatic rings. The molecule has 0 unspecified atom stereocenters. The van der Waals surface area contributed by atoms with Crippen LogP contribution in [0.25, 0.3) is 22.2 Å². The fraction of sp³-hybridized carbons (Fsp3) is 0.167. The normalized spacial score (nSPS) is 13.5. The molecule has 4 aromatic rings. The summed E-state index contributed by atoms with van der Waals surface area (Å²) in [5.41, 5.74) is -0.0465. The number of alkyl halides is 2. The monoisotopic (exact) mass is 496 g/mol. The molecule has 0 saturated carbocycles. The zero-order chi connectivity index (χ0) is 25.6. The zero-order valence-electron chi connectivity index (χ0n) is 18.5. The van der Waals surface area contributed by atoms with E-state index in [1.54, 1.807) is 6.92 Å². The number of hydrogen-bond acceptors (Lipinski definition) is 7. The van der Waals surface area contributed by atoms with E-state index < -0.39 is 30.1 Å². The van der Waals surface area contributed by atoms with Crippen LogP contribution in [0.5, 0.6) is 11.5 Å². The smallest absolute Gasteiger partial charge is 0.462 e. The van der Waals surface area contributed by atoms with Crippen molar-refractivity contribution >= 4 is 22.6 Å². The average molecular weight is 496 g/mol. The number of hydrogen-bond donors (Lipinski definition) is 0. The van der Waals surface area contributed by atoms with Gasteiger partial charge in [-0.25, -0.2) is 9.07 Å². The maximum atomic E-state index is 14.1. The predicted octanol–water partition coefficient (Wildman–Crippen LogP) is 4.04. The van der Waals surface area contributed by atoms with Crippen LogP contribution in [-0.2, 0) is 11.3 Å². The molecule has 182 valence electrons. The largest absolute Gasteiger partial charge is 0.586 e. The minimum absolute atomic E-state index is 0.0332. The second-order valence-corrected chi connectivity index (χ2v) is 7.75. The molecule has 3 heterocycles. The van der Waals surface area contributed by atoms with Gasteiger partial charge in [0, 0.05) is 23.9 Å². The third kappa shape index (κ3) is 4.00. The maximum Gasteiger partial charge on any atom is 0.586 e. The number of amides is 1. The molecule has 0 spiro atoms. The van der Waals surface area contributed by atoms with E-state index in [4.69, 9.17) is 4.42 Å². The van der Waals surface area contributed by atoms with Crippen molar-refractivity contribution in [2.45, 2.75) is 19.8 Å². The first-order valence-electron chi connectivity index (χ1n) is 10.6. The van der Waals surface area contributed by atoms with Crippen molar-refractivity contribution in [1.29, 1.82) is 5.26 Å². The lowest BCUT2D eigenvalue weighted by molar-refractivity contribution is -0.286. The van der Waals surface area contributed by atoms with Crippen LogP contribution < -0.4 is 19.9 Å². The van der Waals surface area contributed by atoms with Crippen LogP contribution in [0.4, 0.5) is 18.9 Å². The van der Waals surface area contributed by atoms with E-state index in [0.717, 1.165) is 16.8 Å². The number of fused-ring (bicyclic) bond motifs is 2. The van der Waals surface area contributed by atoms with Crippen LogP contribution in [0.2, 0.25) is 0 Å². The highest BCUT2D eigenvalue weighted by Crippen LogP contribution is 2.42. The van der Waals surface area contributed by atoms with Gasteiger partial charge in [-0.3, -0.25) is 9.59 Å². The number of likely N-dealkylation sites (N-methyl/N-ethyl adjacent to an activating group) is 1. The van der Waals surface area contributed by atoms with Crippen LogP contribution in [0.1, 0.15) is 12.5 Å². The average Bonchev–Trinajstić information content (AvgIpc) is 3.44. The van der Waals surface area contributed by atoms with Gasteiger partial charge in [0.25, 0.3) is 5.56 Å². The number of nitrogens with zero attached hydrogens (tertiary/aromatic N) is 4. The molecule has 2 aromatic heterocycles. The number of benzene rings is 2. The van der Waals surface area contributed by atoms with Gasteiger partial charge >= 0.3 is 6.29 Å². The molecular weight excluding hydrogens is 481 g/mol. The van der Waals surface area contributed by atoms with Gasteiger partial charge in [0.2, 0.25) is 5.91 Å². The summed E-state index contributed by atoms with van der Waals surface area (Å²) < 4.78 is 56.0. The van der Waals surface area contributed by atoms with E-state index in [0.29, 0.717) is 0 Å². The minimum atomic E-state index is -3.81. The second-order valence-electron chi connectivity index (χ2n) is 7.75. The zero-order valence-corrected chi connectivity index (χ0v) is 18.5. The third-order valence-electron chi connectivity index (χ3n) is 5.47. The number of ether oxygens (including phenoxy) is 2. The molecule has 5 rings (SSSR count). The molecule has 0 radical (unpaired) electrons. The van der Waals surface area contributed by atoms with Crippen molar-refractivity contribution < 1.29 is 31.9 Å². The van der Waals surface area contributed by atoms with Crippen molar-refractivity contribution in [3.05, 3.63) is 70.5 Å². The number of nitriles is 1. The lowest BCUT2D eigenvalue weighted by atomic mass is 10.1. The van der Waals surface area contributed by atoms with Crippen LogP contribution >= 0.6 is 0 Å². The van der Waals surface area contributed by atoms with E-state index in [1.165, 1.54) is 41.5 Å². The van der Waals surface area contributed by atoms with Crippen molar-refractivity contribution in [2.75, 3.05) is 11.4 Å². The molecule has 1 amide bonds. The van der Waals surface area contributed by atoms with E-state index in [-0.39, 0.29) is 51.5 Å². The molecule has 0 atom stereocenters. The highest BCUT2D eigenvalue weighted by Gasteiger charge is 2.43. The summed E-state index contributed by atoms with van der Waals surface area (Å²) in [5.74, 6) is -1.68. The Hall–Kier alpha value is -4.79. The Kier molecular flexibility index (Phi) is 5.40. The maximum absolute atomic E-state index is 14.1. The number of halogens is 3. The molecular formula is C24H15F3N4O5. The first-order valence-corrected chi connectivity index (χ1v) is 10.6. The molecule has 0 N–H and O–H groups in total.